The van der Waals surface area contributed by atoms with Crippen LogP contribution in [0.4, 0.5) is 5.69 Å². The summed E-state index contributed by atoms with van der Waals surface area (Å²) >= 11 is 0. The van der Waals surface area contributed by atoms with Crippen molar-refractivity contribution in [1.29, 1.82) is 0 Å². The number of amides is 1. The first-order valence-corrected chi connectivity index (χ1v) is 6.77. The molecule has 4 heteroatoms. The van der Waals surface area contributed by atoms with Crippen LogP contribution in [0.3, 0.4) is 0 Å². The van der Waals surface area contributed by atoms with Gasteiger partial charge in [-0.05, 0) is 51.1 Å². The zero-order chi connectivity index (χ0) is 14.5. The normalized spacial score (nSPS) is 10.6. The highest BCUT2D eigenvalue weighted by atomic mass is 16.3. The molecule has 20 heavy (non-hydrogen) atoms. The maximum Gasteiger partial charge on any atom is 0.293 e. The van der Waals surface area contributed by atoms with E-state index in [0.29, 0.717) is 18.8 Å². The Balaban J connectivity index is 2.27. The van der Waals surface area contributed by atoms with Gasteiger partial charge in [-0.1, -0.05) is 17.7 Å². The SMILES string of the molecule is Cc1ccc(N(CCCN)C(=O)c2ccc(C)o2)cc1. The molecule has 2 N–H and O–H groups in total. The largest absolute Gasteiger partial charge is 0.456 e. The first-order valence-electron chi connectivity index (χ1n) is 6.77. The van der Waals surface area contributed by atoms with Crippen LogP contribution in [0.1, 0.15) is 28.3 Å². The fraction of sp³-hybridized carbons (Fsp3) is 0.312. The van der Waals surface area contributed by atoms with Gasteiger partial charge in [0.15, 0.2) is 5.76 Å². The molecule has 106 valence electrons. The van der Waals surface area contributed by atoms with Gasteiger partial charge in [0, 0.05) is 12.2 Å². The van der Waals surface area contributed by atoms with Gasteiger partial charge in [-0.2, -0.15) is 0 Å². The van der Waals surface area contributed by atoms with Crippen LogP contribution in [0, 0.1) is 13.8 Å². The summed E-state index contributed by atoms with van der Waals surface area (Å²) in [6.45, 7) is 4.98. The minimum atomic E-state index is -0.129. The van der Waals surface area contributed by atoms with Crippen LogP contribution < -0.4 is 10.6 Å². The lowest BCUT2D eigenvalue weighted by Gasteiger charge is -2.21. The average Bonchev–Trinajstić information content (AvgIpc) is 2.87. The van der Waals surface area contributed by atoms with Crippen LogP contribution in [0.5, 0.6) is 0 Å². The molecule has 1 amide bonds. The fourth-order valence-corrected chi connectivity index (χ4v) is 2.00. The van der Waals surface area contributed by atoms with E-state index >= 15 is 0 Å². The maximum atomic E-state index is 12.5. The Bertz CT molecular complexity index is 572. The first-order chi connectivity index (χ1) is 9.61. The minimum Gasteiger partial charge on any atom is -0.456 e. The maximum absolute atomic E-state index is 12.5. The summed E-state index contributed by atoms with van der Waals surface area (Å²) in [5, 5.41) is 0. The third-order valence-electron chi connectivity index (χ3n) is 3.13. The van der Waals surface area contributed by atoms with E-state index in [4.69, 9.17) is 10.2 Å². The van der Waals surface area contributed by atoms with Gasteiger partial charge in [0.25, 0.3) is 5.91 Å². The molecule has 0 unspecified atom stereocenters. The van der Waals surface area contributed by atoms with Crippen molar-refractivity contribution >= 4 is 11.6 Å². The Kier molecular flexibility index (Phi) is 4.58. The number of rotatable bonds is 5. The highest BCUT2D eigenvalue weighted by Crippen LogP contribution is 2.19. The predicted molar refractivity (Wildman–Crippen MR) is 80.0 cm³/mol. The van der Waals surface area contributed by atoms with Crippen LogP contribution in [0.2, 0.25) is 0 Å². The molecule has 0 saturated carbocycles. The molecule has 0 atom stereocenters. The molecule has 0 aliphatic carbocycles. The fourth-order valence-electron chi connectivity index (χ4n) is 2.00. The summed E-state index contributed by atoms with van der Waals surface area (Å²) in [4.78, 5) is 14.3. The number of anilines is 1. The summed E-state index contributed by atoms with van der Waals surface area (Å²) in [6.07, 6.45) is 0.749. The summed E-state index contributed by atoms with van der Waals surface area (Å²) in [5.74, 6) is 0.964. The molecule has 0 radical (unpaired) electrons. The molecular weight excluding hydrogens is 252 g/mol. The Morgan fingerprint density at radius 3 is 2.40 bits per heavy atom. The van der Waals surface area contributed by atoms with Crippen molar-refractivity contribution < 1.29 is 9.21 Å². The van der Waals surface area contributed by atoms with Gasteiger partial charge in [-0.15, -0.1) is 0 Å². The van der Waals surface area contributed by atoms with Crippen LogP contribution >= 0.6 is 0 Å². The van der Waals surface area contributed by atoms with Gasteiger partial charge in [0.1, 0.15) is 5.76 Å². The standard InChI is InChI=1S/C16H20N2O2/c1-12-4-7-14(8-5-12)18(11-3-10-17)16(19)15-9-6-13(2)20-15/h4-9H,3,10-11,17H2,1-2H3. The van der Waals surface area contributed by atoms with Gasteiger partial charge >= 0.3 is 0 Å². The van der Waals surface area contributed by atoms with Crippen LogP contribution in [0.25, 0.3) is 0 Å². The molecule has 4 nitrogen and oxygen atoms in total. The number of aryl methyl sites for hydroxylation is 2. The zero-order valence-electron chi connectivity index (χ0n) is 11.9. The Morgan fingerprint density at radius 1 is 1.15 bits per heavy atom. The predicted octanol–water partition coefficient (Wildman–Crippen LogP) is 2.89. The Hall–Kier alpha value is -2.07. The van der Waals surface area contributed by atoms with Crippen molar-refractivity contribution in [2.75, 3.05) is 18.0 Å². The number of nitrogens with two attached hydrogens (primary N) is 1. The monoisotopic (exact) mass is 272 g/mol. The topological polar surface area (TPSA) is 59.5 Å². The molecule has 2 aromatic rings. The van der Waals surface area contributed by atoms with Gasteiger partial charge in [0.05, 0.1) is 0 Å². The van der Waals surface area contributed by atoms with E-state index in [2.05, 4.69) is 0 Å². The second-order valence-corrected chi connectivity index (χ2v) is 4.84. The number of nitrogens with zero attached hydrogens (tertiary/aromatic N) is 1. The van der Waals surface area contributed by atoms with E-state index in [1.165, 1.54) is 0 Å². The zero-order valence-corrected chi connectivity index (χ0v) is 11.9. The number of furan rings is 1. The van der Waals surface area contributed by atoms with E-state index in [1.807, 2.05) is 38.1 Å². The quantitative estimate of drug-likeness (QED) is 0.910. The second-order valence-electron chi connectivity index (χ2n) is 4.84. The van der Waals surface area contributed by atoms with Gasteiger partial charge in [-0.3, -0.25) is 4.79 Å². The summed E-state index contributed by atoms with van der Waals surface area (Å²) in [7, 11) is 0. The summed E-state index contributed by atoms with van der Waals surface area (Å²) in [5.41, 5.74) is 7.59. The molecule has 0 bridgehead atoms. The third-order valence-corrected chi connectivity index (χ3v) is 3.13. The van der Waals surface area contributed by atoms with Crippen LogP contribution in [-0.4, -0.2) is 19.0 Å². The Labute approximate surface area is 119 Å². The van der Waals surface area contributed by atoms with Crippen molar-refractivity contribution in [1.82, 2.24) is 0 Å². The van der Waals surface area contributed by atoms with Crippen molar-refractivity contribution in [2.24, 2.45) is 5.73 Å². The minimum absolute atomic E-state index is 0.129. The second kappa shape index (κ2) is 6.39. The number of benzene rings is 1. The van der Waals surface area contributed by atoms with Crippen molar-refractivity contribution in [3.05, 3.63) is 53.5 Å². The number of hydrogen-bond donors (Lipinski definition) is 1. The van der Waals surface area contributed by atoms with E-state index in [-0.39, 0.29) is 5.91 Å². The van der Waals surface area contributed by atoms with Crippen LogP contribution in [0.15, 0.2) is 40.8 Å². The van der Waals surface area contributed by atoms with Crippen molar-refractivity contribution in [2.45, 2.75) is 20.3 Å². The first kappa shape index (κ1) is 14.3. The molecule has 2 rings (SSSR count). The van der Waals surface area contributed by atoms with Gasteiger partial charge < -0.3 is 15.1 Å². The van der Waals surface area contributed by atoms with Crippen LogP contribution in [-0.2, 0) is 0 Å². The smallest absolute Gasteiger partial charge is 0.293 e. The van der Waals surface area contributed by atoms with E-state index in [1.54, 1.807) is 17.0 Å². The van der Waals surface area contributed by atoms with Crippen molar-refractivity contribution in [3.8, 4) is 0 Å². The lowest BCUT2D eigenvalue weighted by atomic mass is 10.2. The molecule has 1 aromatic carbocycles. The van der Waals surface area contributed by atoms with Gasteiger partial charge in [-0.25, -0.2) is 0 Å². The molecular formula is C16H20N2O2. The molecule has 0 aliphatic rings. The molecule has 1 heterocycles. The molecule has 0 saturated heterocycles. The molecule has 1 aromatic heterocycles. The number of hydrogen-bond acceptors (Lipinski definition) is 3. The summed E-state index contributed by atoms with van der Waals surface area (Å²) < 4.78 is 5.43. The Morgan fingerprint density at radius 2 is 1.85 bits per heavy atom. The highest BCUT2D eigenvalue weighted by molar-refractivity contribution is 6.04. The van der Waals surface area contributed by atoms with E-state index < -0.39 is 0 Å². The van der Waals surface area contributed by atoms with E-state index in [9.17, 15) is 4.79 Å². The third kappa shape index (κ3) is 3.27. The van der Waals surface area contributed by atoms with Crippen molar-refractivity contribution in [3.63, 3.8) is 0 Å². The number of carbonyl (C=O) groups excluding carboxylic acids is 1. The number of carbonyl (C=O) groups is 1. The lowest BCUT2D eigenvalue weighted by molar-refractivity contribution is 0.0959. The highest BCUT2D eigenvalue weighted by Gasteiger charge is 2.20. The molecule has 0 fully saturated rings. The van der Waals surface area contributed by atoms with Gasteiger partial charge in [0.2, 0.25) is 0 Å². The average molecular weight is 272 g/mol. The van der Waals surface area contributed by atoms with E-state index in [0.717, 1.165) is 23.4 Å². The molecule has 0 spiro atoms. The lowest BCUT2D eigenvalue weighted by Crippen LogP contribution is -2.32. The molecule has 0 aliphatic heterocycles. The summed E-state index contributed by atoms with van der Waals surface area (Å²) in [6, 6.07) is 11.4.